The lowest BCUT2D eigenvalue weighted by Gasteiger charge is -2.21. The fourth-order valence-electron chi connectivity index (χ4n) is 1.86. The molecule has 0 heterocycles. The monoisotopic (exact) mass is 281 g/mol. The van der Waals surface area contributed by atoms with E-state index in [1.54, 1.807) is 14.2 Å². The summed E-state index contributed by atoms with van der Waals surface area (Å²) in [6.07, 6.45) is 3.25. The van der Waals surface area contributed by atoms with Crippen LogP contribution in [0.5, 0.6) is 17.2 Å². The average molecular weight is 281 g/mol. The summed E-state index contributed by atoms with van der Waals surface area (Å²) < 4.78 is 16.2. The third-order valence-electron chi connectivity index (χ3n) is 3.39. The molecule has 0 aromatic heterocycles. The molecule has 0 radical (unpaired) electrons. The van der Waals surface area contributed by atoms with Crippen molar-refractivity contribution < 1.29 is 14.2 Å². The first-order valence-corrected chi connectivity index (χ1v) is 7.06. The Hall–Kier alpha value is -1.42. The number of rotatable bonds is 9. The van der Waals surface area contributed by atoms with E-state index < -0.39 is 0 Å². The quantitative estimate of drug-likeness (QED) is 0.706. The van der Waals surface area contributed by atoms with Gasteiger partial charge < -0.3 is 19.9 Å². The molecule has 0 atom stereocenters. The van der Waals surface area contributed by atoms with Gasteiger partial charge in [0.25, 0.3) is 0 Å². The third kappa shape index (κ3) is 5.70. The Balaban J connectivity index is 2.38. The van der Waals surface area contributed by atoms with Gasteiger partial charge in [-0.1, -0.05) is 13.8 Å². The first-order chi connectivity index (χ1) is 9.50. The van der Waals surface area contributed by atoms with Crippen LogP contribution in [0.3, 0.4) is 0 Å². The molecular weight excluding hydrogens is 254 g/mol. The summed E-state index contributed by atoms with van der Waals surface area (Å²) in [5.41, 5.74) is 5.94. The lowest BCUT2D eigenvalue weighted by Crippen LogP contribution is -2.23. The summed E-state index contributed by atoms with van der Waals surface area (Å²) in [5.74, 6) is 2.26. The maximum Gasteiger partial charge on any atom is 0.126 e. The lowest BCUT2D eigenvalue weighted by atomic mass is 9.87. The van der Waals surface area contributed by atoms with Crippen LogP contribution in [0.4, 0.5) is 0 Å². The van der Waals surface area contributed by atoms with Crippen LogP contribution in [-0.4, -0.2) is 27.4 Å². The third-order valence-corrected chi connectivity index (χ3v) is 3.39. The Morgan fingerprint density at radius 2 is 1.50 bits per heavy atom. The van der Waals surface area contributed by atoms with Crippen molar-refractivity contribution in [2.24, 2.45) is 11.1 Å². The molecule has 0 aliphatic rings. The molecule has 1 rings (SSSR count). The highest BCUT2D eigenvalue weighted by Crippen LogP contribution is 2.27. The molecule has 4 nitrogen and oxygen atoms in total. The molecule has 0 saturated carbocycles. The van der Waals surface area contributed by atoms with Crippen LogP contribution in [0.2, 0.25) is 0 Å². The first kappa shape index (κ1) is 16.6. The van der Waals surface area contributed by atoms with Crippen LogP contribution in [0, 0.1) is 5.41 Å². The highest BCUT2D eigenvalue weighted by Gasteiger charge is 2.14. The molecule has 0 bridgehead atoms. The second-order valence-corrected chi connectivity index (χ2v) is 5.72. The lowest BCUT2D eigenvalue weighted by molar-refractivity contribution is 0.276. The molecular formula is C16H27NO3. The van der Waals surface area contributed by atoms with Crippen LogP contribution in [0.15, 0.2) is 18.2 Å². The van der Waals surface area contributed by atoms with E-state index >= 15 is 0 Å². The van der Waals surface area contributed by atoms with Gasteiger partial charge in [0.15, 0.2) is 0 Å². The van der Waals surface area contributed by atoms with Crippen LogP contribution in [0.25, 0.3) is 0 Å². The predicted octanol–water partition coefficient (Wildman–Crippen LogP) is 3.24. The van der Waals surface area contributed by atoms with Crippen LogP contribution >= 0.6 is 0 Å². The number of nitrogens with two attached hydrogens (primary N) is 1. The van der Waals surface area contributed by atoms with Gasteiger partial charge in [-0.3, -0.25) is 0 Å². The maximum atomic E-state index is 5.75. The Kier molecular flexibility index (Phi) is 6.65. The van der Waals surface area contributed by atoms with Gasteiger partial charge in [0.05, 0.1) is 20.8 Å². The Labute approximate surface area is 122 Å². The van der Waals surface area contributed by atoms with Crippen molar-refractivity contribution in [1.29, 1.82) is 0 Å². The number of methoxy groups -OCH3 is 2. The molecule has 0 saturated heterocycles. The molecule has 0 fully saturated rings. The molecule has 1 aromatic carbocycles. The van der Waals surface area contributed by atoms with E-state index in [9.17, 15) is 0 Å². The van der Waals surface area contributed by atoms with Gasteiger partial charge in [-0.25, -0.2) is 0 Å². The standard InChI is InChI=1S/C16H27NO3/c1-16(2,12-17)7-5-6-8-20-15-10-13(18-3)9-14(11-15)19-4/h9-11H,5-8,12,17H2,1-4H3. The molecule has 114 valence electrons. The fraction of sp³-hybridized carbons (Fsp3) is 0.625. The highest BCUT2D eigenvalue weighted by molar-refractivity contribution is 5.41. The van der Waals surface area contributed by atoms with E-state index in [-0.39, 0.29) is 5.41 Å². The van der Waals surface area contributed by atoms with Gasteiger partial charge >= 0.3 is 0 Å². The van der Waals surface area contributed by atoms with Gasteiger partial charge in [-0.05, 0) is 31.2 Å². The predicted molar refractivity (Wildman–Crippen MR) is 81.7 cm³/mol. The topological polar surface area (TPSA) is 53.7 Å². The van der Waals surface area contributed by atoms with E-state index in [1.807, 2.05) is 18.2 Å². The van der Waals surface area contributed by atoms with E-state index in [1.165, 1.54) is 0 Å². The van der Waals surface area contributed by atoms with E-state index in [2.05, 4.69) is 13.8 Å². The van der Waals surface area contributed by atoms with Gasteiger partial charge in [-0.15, -0.1) is 0 Å². The average Bonchev–Trinajstić information content (AvgIpc) is 2.46. The molecule has 0 unspecified atom stereocenters. The van der Waals surface area contributed by atoms with Crippen molar-refractivity contribution in [3.63, 3.8) is 0 Å². The summed E-state index contributed by atoms with van der Waals surface area (Å²) >= 11 is 0. The number of hydrogen-bond acceptors (Lipinski definition) is 4. The number of benzene rings is 1. The number of hydrogen-bond donors (Lipinski definition) is 1. The van der Waals surface area contributed by atoms with Gasteiger partial charge in [-0.2, -0.15) is 0 Å². The first-order valence-electron chi connectivity index (χ1n) is 7.06. The zero-order valence-corrected chi connectivity index (χ0v) is 13.1. The zero-order chi connectivity index (χ0) is 15.0. The summed E-state index contributed by atoms with van der Waals surface area (Å²) in [6.45, 7) is 5.81. The second kappa shape index (κ2) is 8.00. The second-order valence-electron chi connectivity index (χ2n) is 5.72. The number of ether oxygens (including phenoxy) is 3. The fourth-order valence-corrected chi connectivity index (χ4v) is 1.86. The van der Waals surface area contributed by atoms with Gasteiger partial charge in [0.1, 0.15) is 17.2 Å². The SMILES string of the molecule is COc1cc(OC)cc(OCCCCC(C)(C)CN)c1. The Morgan fingerprint density at radius 1 is 0.950 bits per heavy atom. The number of unbranched alkanes of at least 4 members (excludes halogenated alkanes) is 1. The molecule has 20 heavy (non-hydrogen) atoms. The minimum Gasteiger partial charge on any atom is -0.496 e. The molecule has 2 N–H and O–H groups in total. The summed E-state index contributed by atoms with van der Waals surface area (Å²) in [6, 6.07) is 5.56. The van der Waals surface area contributed by atoms with Gasteiger partial charge in [0, 0.05) is 18.2 Å². The molecule has 0 spiro atoms. The minimum absolute atomic E-state index is 0.221. The summed E-state index contributed by atoms with van der Waals surface area (Å²) in [4.78, 5) is 0. The molecule has 1 aromatic rings. The van der Waals surface area contributed by atoms with Gasteiger partial charge in [0.2, 0.25) is 0 Å². The van der Waals surface area contributed by atoms with Crippen molar-refractivity contribution in [3.8, 4) is 17.2 Å². The van der Waals surface area contributed by atoms with E-state index in [0.717, 1.165) is 43.1 Å². The smallest absolute Gasteiger partial charge is 0.126 e. The van der Waals surface area contributed by atoms with Crippen molar-refractivity contribution >= 4 is 0 Å². The van der Waals surface area contributed by atoms with Crippen molar-refractivity contribution in [3.05, 3.63) is 18.2 Å². The van der Waals surface area contributed by atoms with Crippen LogP contribution < -0.4 is 19.9 Å². The summed E-state index contributed by atoms with van der Waals surface area (Å²) in [7, 11) is 3.26. The Bertz CT molecular complexity index is 382. The Morgan fingerprint density at radius 3 is 2.00 bits per heavy atom. The normalized spacial score (nSPS) is 11.2. The molecule has 0 aliphatic carbocycles. The zero-order valence-electron chi connectivity index (χ0n) is 13.1. The summed E-state index contributed by atoms with van der Waals surface area (Å²) in [5, 5.41) is 0. The molecule has 0 aliphatic heterocycles. The van der Waals surface area contributed by atoms with Crippen LogP contribution in [0.1, 0.15) is 33.1 Å². The van der Waals surface area contributed by atoms with E-state index in [0.29, 0.717) is 6.61 Å². The molecule has 0 amide bonds. The molecule has 4 heteroatoms. The largest absolute Gasteiger partial charge is 0.496 e. The van der Waals surface area contributed by atoms with E-state index in [4.69, 9.17) is 19.9 Å². The van der Waals surface area contributed by atoms with Crippen molar-refractivity contribution in [1.82, 2.24) is 0 Å². The highest BCUT2D eigenvalue weighted by atomic mass is 16.5. The van der Waals surface area contributed by atoms with Crippen molar-refractivity contribution in [2.75, 3.05) is 27.4 Å². The minimum atomic E-state index is 0.221. The maximum absolute atomic E-state index is 5.75. The van der Waals surface area contributed by atoms with Crippen LogP contribution in [-0.2, 0) is 0 Å². The van der Waals surface area contributed by atoms with Crippen molar-refractivity contribution in [2.45, 2.75) is 33.1 Å².